The van der Waals surface area contributed by atoms with Crippen LogP contribution in [-0.4, -0.2) is 25.3 Å². The second kappa shape index (κ2) is 6.78. The first kappa shape index (κ1) is 14.2. The summed E-state index contributed by atoms with van der Waals surface area (Å²) >= 11 is 5.86. The van der Waals surface area contributed by atoms with Crippen molar-refractivity contribution in [2.24, 2.45) is 0 Å². The number of esters is 1. The second-order valence-corrected chi connectivity index (χ2v) is 5.02. The van der Waals surface area contributed by atoms with Crippen LogP contribution in [-0.2, 0) is 9.47 Å². The highest BCUT2D eigenvalue weighted by Gasteiger charge is 2.16. The summed E-state index contributed by atoms with van der Waals surface area (Å²) in [6, 6.07) is 4.94. The first-order valence-electron chi connectivity index (χ1n) is 6.51. The van der Waals surface area contributed by atoms with Gasteiger partial charge >= 0.3 is 5.97 Å². The molecule has 0 spiro atoms. The quantitative estimate of drug-likeness (QED) is 0.512. The lowest BCUT2D eigenvalue weighted by Crippen LogP contribution is -2.11. The topological polar surface area (TPSA) is 61.6 Å². The lowest BCUT2D eigenvalue weighted by molar-refractivity contribution is 0.0462. The monoisotopic (exact) mass is 283 g/mol. The molecule has 1 aliphatic rings. The SMILES string of the molecule is Nc1c(Cl)cccc1C(=O)OCCCC1CCCO1. The van der Waals surface area contributed by atoms with E-state index in [1.165, 1.54) is 0 Å². The number of nitrogens with two attached hydrogens (primary N) is 1. The Morgan fingerprint density at radius 2 is 2.37 bits per heavy atom. The third kappa shape index (κ3) is 3.85. The summed E-state index contributed by atoms with van der Waals surface area (Å²) in [5.74, 6) is -0.424. The minimum atomic E-state index is -0.424. The zero-order valence-corrected chi connectivity index (χ0v) is 11.5. The van der Waals surface area contributed by atoms with Crippen molar-refractivity contribution < 1.29 is 14.3 Å². The fourth-order valence-electron chi connectivity index (χ4n) is 2.14. The van der Waals surface area contributed by atoms with Crippen molar-refractivity contribution in [1.82, 2.24) is 0 Å². The van der Waals surface area contributed by atoms with Gasteiger partial charge in [0.05, 0.1) is 29.0 Å². The molecule has 4 nitrogen and oxygen atoms in total. The Bertz CT molecular complexity index is 444. The smallest absolute Gasteiger partial charge is 0.340 e. The minimum Gasteiger partial charge on any atom is -0.462 e. The van der Waals surface area contributed by atoms with E-state index in [1.807, 2.05) is 0 Å². The molecule has 2 rings (SSSR count). The maximum Gasteiger partial charge on any atom is 0.340 e. The van der Waals surface area contributed by atoms with Gasteiger partial charge in [-0.05, 0) is 37.8 Å². The van der Waals surface area contributed by atoms with E-state index in [4.69, 9.17) is 26.8 Å². The molecule has 104 valence electrons. The van der Waals surface area contributed by atoms with Crippen molar-refractivity contribution in [3.8, 4) is 0 Å². The van der Waals surface area contributed by atoms with Crippen LogP contribution in [0.5, 0.6) is 0 Å². The lowest BCUT2D eigenvalue weighted by Gasteiger charge is -2.10. The molecular formula is C14H18ClNO3. The summed E-state index contributed by atoms with van der Waals surface area (Å²) in [4.78, 5) is 11.8. The molecule has 0 amide bonds. The molecule has 0 aromatic heterocycles. The number of hydrogen-bond acceptors (Lipinski definition) is 4. The van der Waals surface area contributed by atoms with Crippen LogP contribution in [0.3, 0.4) is 0 Å². The Kier molecular flexibility index (Phi) is 5.05. The third-order valence-electron chi connectivity index (χ3n) is 3.20. The second-order valence-electron chi connectivity index (χ2n) is 4.61. The fraction of sp³-hybridized carbons (Fsp3) is 0.500. The summed E-state index contributed by atoms with van der Waals surface area (Å²) in [5, 5.41) is 0.369. The molecule has 1 aromatic rings. The van der Waals surface area contributed by atoms with E-state index >= 15 is 0 Å². The van der Waals surface area contributed by atoms with Crippen molar-refractivity contribution in [1.29, 1.82) is 0 Å². The Balaban J connectivity index is 1.76. The number of benzene rings is 1. The van der Waals surface area contributed by atoms with Crippen LogP contribution in [0, 0.1) is 0 Å². The molecule has 5 heteroatoms. The van der Waals surface area contributed by atoms with Crippen molar-refractivity contribution >= 4 is 23.3 Å². The van der Waals surface area contributed by atoms with Gasteiger partial charge in [-0.1, -0.05) is 17.7 Å². The molecule has 19 heavy (non-hydrogen) atoms. The number of carbonyl (C=O) groups excluding carboxylic acids is 1. The van der Waals surface area contributed by atoms with Gasteiger partial charge in [-0.15, -0.1) is 0 Å². The lowest BCUT2D eigenvalue weighted by atomic mass is 10.1. The molecule has 0 saturated carbocycles. The molecule has 1 unspecified atom stereocenters. The molecule has 1 heterocycles. The number of rotatable bonds is 5. The number of ether oxygens (including phenoxy) is 2. The largest absolute Gasteiger partial charge is 0.462 e. The highest BCUT2D eigenvalue weighted by atomic mass is 35.5. The minimum absolute atomic E-state index is 0.272. The summed E-state index contributed by atoms with van der Waals surface area (Å²) in [7, 11) is 0. The van der Waals surface area contributed by atoms with Crippen LogP contribution in [0.2, 0.25) is 5.02 Å². The van der Waals surface area contributed by atoms with Gasteiger partial charge in [0.2, 0.25) is 0 Å². The molecule has 1 saturated heterocycles. The van der Waals surface area contributed by atoms with Crippen molar-refractivity contribution in [2.45, 2.75) is 31.8 Å². The van der Waals surface area contributed by atoms with Gasteiger partial charge in [-0.3, -0.25) is 0 Å². The molecule has 0 aliphatic carbocycles. The van der Waals surface area contributed by atoms with Crippen LogP contribution in [0.15, 0.2) is 18.2 Å². The molecule has 1 fully saturated rings. The maximum atomic E-state index is 11.8. The van der Waals surface area contributed by atoms with Gasteiger partial charge in [0.25, 0.3) is 0 Å². The van der Waals surface area contributed by atoms with Crippen molar-refractivity contribution in [3.63, 3.8) is 0 Å². The van der Waals surface area contributed by atoms with Gasteiger partial charge in [-0.2, -0.15) is 0 Å². The van der Waals surface area contributed by atoms with Gasteiger partial charge in [-0.25, -0.2) is 4.79 Å². The molecule has 1 atom stereocenters. The Morgan fingerprint density at radius 3 is 3.11 bits per heavy atom. The van der Waals surface area contributed by atoms with Gasteiger partial charge in [0.15, 0.2) is 0 Å². The molecule has 0 radical (unpaired) electrons. The summed E-state index contributed by atoms with van der Waals surface area (Å²) < 4.78 is 10.7. The molecule has 2 N–H and O–H groups in total. The van der Waals surface area contributed by atoms with Crippen LogP contribution in [0.4, 0.5) is 5.69 Å². The zero-order valence-electron chi connectivity index (χ0n) is 10.7. The average molecular weight is 284 g/mol. The number of carbonyl (C=O) groups is 1. The maximum absolute atomic E-state index is 11.8. The highest BCUT2D eigenvalue weighted by Crippen LogP contribution is 2.23. The number of halogens is 1. The standard InChI is InChI=1S/C14H18ClNO3/c15-12-7-1-6-11(13(12)16)14(17)19-9-3-5-10-4-2-8-18-10/h1,6-7,10H,2-5,8-9,16H2. The van der Waals surface area contributed by atoms with E-state index in [1.54, 1.807) is 18.2 Å². The molecule has 0 bridgehead atoms. The van der Waals surface area contributed by atoms with Gasteiger partial charge in [0.1, 0.15) is 0 Å². The Labute approximate surface area is 117 Å². The number of hydrogen-bond donors (Lipinski definition) is 1. The fourth-order valence-corrected chi connectivity index (χ4v) is 2.32. The summed E-state index contributed by atoms with van der Waals surface area (Å²) in [6.45, 7) is 1.23. The van der Waals surface area contributed by atoms with Gasteiger partial charge < -0.3 is 15.2 Å². The van der Waals surface area contributed by atoms with E-state index in [0.29, 0.717) is 23.3 Å². The average Bonchev–Trinajstić information content (AvgIpc) is 2.91. The van der Waals surface area contributed by atoms with Crippen molar-refractivity contribution in [3.05, 3.63) is 28.8 Å². The van der Waals surface area contributed by atoms with E-state index in [-0.39, 0.29) is 5.69 Å². The predicted molar refractivity (Wildman–Crippen MR) is 74.4 cm³/mol. The summed E-state index contributed by atoms with van der Waals surface area (Å²) in [5.41, 5.74) is 6.33. The third-order valence-corrected chi connectivity index (χ3v) is 3.53. The van der Waals surface area contributed by atoms with E-state index in [0.717, 1.165) is 32.3 Å². The molecular weight excluding hydrogens is 266 g/mol. The Morgan fingerprint density at radius 1 is 1.53 bits per heavy atom. The van der Waals surface area contributed by atoms with E-state index < -0.39 is 5.97 Å². The number of para-hydroxylation sites is 1. The number of nitrogen functional groups attached to an aromatic ring is 1. The normalized spacial score (nSPS) is 18.5. The zero-order chi connectivity index (χ0) is 13.7. The van der Waals surface area contributed by atoms with Crippen molar-refractivity contribution in [2.75, 3.05) is 18.9 Å². The molecule has 1 aromatic carbocycles. The number of anilines is 1. The first-order chi connectivity index (χ1) is 9.18. The van der Waals surface area contributed by atoms with E-state index in [9.17, 15) is 4.79 Å². The van der Waals surface area contributed by atoms with Crippen LogP contribution in [0.1, 0.15) is 36.0 Å². The van der Waals surface area contributed by atoms with E-state index in [2.05, 4.69) is 0 Å². The molecule has 1 aliphatic heterocycles. The van der Waals surface area contributed by atoms with Crippen LogP contribution >= 0.6 is 11.6 Å². The predicted octanol–water partition coefficient (Wildman–Crippen LogP) is 3.04. The highest BCUT2D eigenvalue weighted by molar-refractivity contribution is 6.33. The first-order valence-corrected chi connectivity index (χ1v) is 6.89. The summed E-state index contributed by atoms with van der Waals surface area (Å²) in [6.07, 6.45) is 4.29. The van der Waals surface area contributed by atoms with Crippen LogP contribution in [0.25, 0.3) is 0 Å². The van der Waals surface area contributed by atoms with Crippen LogP contribution < -0.4 is 5.73 Å². The Hall–Kier alpha value is -1.26. The van der Waals surface area contributed by atoms with Gasteiger partial charge in [0, 0.05) is 6.61 Å².